The second-order valence-corrected chi connectivity index (χ2v) is 9.65. The summed E-state index contributed by atoms with van der Waals surface area (Å²) in [6.45, 7) is 5.00. The van der Waals surface area contributed by atoms with Crippen molar-refractivity contribution in [1.82, 2.24) is 0 Å². The first-order valence-corrected chi connectivity index (χ1v) is 12.2. The van der Waals surface area contributed by atoms with Crippen molar-refractivity contribution in [2.75, 3.05) is 5.73 Å². The Bertz CT molecular complexity index is 1680. The van der Waals surface area contributed by atoms with Gasteiger partial charge >= 0.3 is 5.97 Å². The number of carboxylic acids is 1. The van der Waals surface area contributed by atoms with Gasteiger partial charge in [-0.1, -0.05) is 24.8 Å². The third-order valence-electron chi connectivity index (χ3n) is 4.88. The van der Waals surface area contributed by atoms with E-state index in [1.54, 1.807) is 0 Å². The van der Waals surface area contributed by atoms with Gasteiger partial charge in [0.15, 0.2) is 21.1 Å². The molecule has 0 spiro atoms. The van der Waals surface area contributed by atoms with Gasteiger partial charge in [-0.15, -0.1) is 0 Å². The molecule has 11 nitrogen and oxygen atoms in total. The molecule has 13 heteroatoms. The number of hydrogen-bond donors (Lipinski definition) is 5. The fourth-order valence-corrected chi connectivity index (χ4v) is 5.10. The normalized spacial score (nSPS) is 13.4. The van der Waals surface area contributed by atoms with Crippen LogP contribution in [-0.4, -0.2) is 37.0 Å². The number of aliphatic carboxylic acids is 1. The van der Waals surface area contributed by atoms with Gasteiger partial charge in [-0.3, -0.25) is 14.5 Å². The number of allylic oxidation sites excluding steroid dienone is 3. The Morgan fingerprint density at radius 1 is 1.09 bits per heavy atom. The number of nitrogen functional groups attached to an aromatic ring is 1. The maximum absolute atomic E-state index is 12.1. The van der Waals surface area contributed by atoms with E-state index in [0.29, 0.717) is 0 Å². The molecule has 0 aromatic heterocycles. The minimum atomic E-state index is -5.08. The molecule has 0 amide bonds. The first-order valence-electron chi connectivity index (χ1n) is 9.28. The van der Waals surface area contributed by atoms with Crippen LogP contribution in [0.25, 0.3) is 27.9 Å². The Balaban J connectivity index is 2.81. The molecule has 1 aliphatic carbocycles. The molecule has 34 heavy (non-hydrogen) atoms. The summed E-state index contributed by atoms with van der Waals surface area (Å²) in [6.07, 6.45) is 3.80. The lowest BCUT2D eigenvalue weighted by Gasteiger charge is -2.20. The highest BCUT2D eigenvalue weighted by Gasteiger charge is 2.32. The van der Waals surface area contributed by atoms with Crippen LogP contribution in [0.3, 0.4) is 0 Å². The van der Waals surface area contributed by atoms with Crippen LogP contribution in [0.1, 0.15) is 12.5 Å². The Morgan fingerprint density at radius 2 is 1.71 bits per heavy atom. The van der Waals surface area contributed by atoms with E-state index in [1.807, 2.05) is 0 Å². The van der Waals surface area contributed by atoms with Crippen molar-refractivity contribution in [2.24, 2.45) is 0 Å². The molecule has 2 aliphatic rings. The van der Waals surface area contributed by atoms with Gasteiger partial charge in [0.25, 0.3) is 20.2 Å². The molecule has 0 saturated heterocycles. The van der Waals surface area contributed by atoms with Gasteiger partial charge in [0, 0.05) is 16.5 Å². The number of benzene rings is 2. The van der Waals surface area contributed by atoms with Gasteiger partial charge < -0.3 is 15.3 Å². The molecular weight excluding hydrogens is 488 g/mol. The molecule has 0 fully saturated rings. The fraction of sp³-hybridized carbons (Fsp3) is 0.0476. The Morgan fingerprint density at radius 3 is 2.21 bits per heavy atom. The summed E-state index contributed by atoms with van der Waals surface area (Å²) in [4.78, 5) is 10.1. The number of rotatable bonds is 6. The van der Waals surface area contributed by atoms with Crippen molar-refractivity contribution in [1.29, 1.82) is 5.41 Å². The van der Waals surface area contributed by atoms with E-state index < -0.39 is 58.4 Å². The zero-order valence-corrected chi connectivity index (χ0v) is 19.1. The quantitative estimate of drug-likeness (QED) is 0.108. The number of hydrogen-bond acceptors (Lipinski definition) is 8. The van der Waals surface area contributed by atoms with E-state index >= 15 is 0 Å². The average molecular weight is 507 g/mol. The van der Waals surface area contributed by atoms with Crippen molar-refractivity contribution >= 4 is 48.4 Å². The summed E-state index contributed by atoms with van der Waals surface area (Å²) >= 11 is 0. The minimum Gasteiger partial charge on any atom is -0.478 e. The number of nitrogens with two attached hydrogens (primary N) is 1. The van der Waals surface area contributed by atoms with Crippen LogP contribution in [0, 0.1) is 5.41 Å². The van der Waals surface area contributed by atoms with Gasteiger partial charge in [0.05, 0.1) is 16.6 Å². The van der Waals surface area contributed by atoms with E-state index in [4.69, 9.17) is 15.6 Å². The number of nitrogens with one attached hydrogen (secondary N) is 1. The smallest absolute Gasteiger partial charge is 0.335 e. The Kier molecular flexibility index (Phi) is 6.24. The topological polar surface area (TPSA) is 209 Å². The van der Waals surface area contributed by atoms with Gasteiger partial charge in [-0.25, -0.2) is 4.79 Å². The average Bonchev–Trinajstić information content (AvgIpc) is 2.69. The van der Waals surface area contributed by atoms with Gasteiger partial charge in [-0.2, -0.15) is 16.8 Å². The summed E-state index contributed by atoms with van der Waals surface area (Å²) < 4.78 is 73.6. The highest BCUT2D eigenvalue weighted by atomic mass is 32.2. The zero-order valence-electron chi connectivity index (χ0n) is 17.4. The fourth-order valence-electron chi connectivity index (χ4n) is 3.62. The molecule has 178 valence electrons. The van der Waals surface area contributed by atoms with Crippen molar-refractivity contribution in [3.63, 3.8) is 0 Å². The van der Waals surface area contributed by atoms with Crippen molar-refractivity contribution in [3.8, 4) is 11.3 Å². The molecule has 1 aromatic rings. The van der Waals surface area contributed by atoms with Gasteiger partial charge in [0.2, 0.25) is 0 Å². The number of anilines is 1. The predicted molar refractivity (Wildman–Crippen MR) is 122 cm³/mol. The summed E-state index contributed by atoms with van der Waals surface area (Å²) in [7, 11) is -10.1. The first-order chi connectivity index (χ1) is 15.7. The lowest BCUT2D eigenvalue weighted by molar-refractivity contribution is -0.132. The number of fused-ring (bicyclic) bond motifs is 2. The van der Waals surface area contributed by atoms with Crippen LogP contribution in [-0.2, 0) is 25.0 Å². The second kappa shape index (κ2) is 8.53. The minimum absolute atomic E-state index is 0.0264. The highest BCUT2D eigenvalue weighted by Crippen LogP contribution is 2.44. The predicted octanol–water partition coefficient (Wildman–Crippen LogP) is 2.69. The van der Waals surface area contributed by atoms with Crippen LogP contribution >= 0.6 is 0 Å². The standard InChI is InChI=1S/C21H18N2O9S2/c1-3-5-11(10(4-2)21(24)25)16-12-6-8-14(22)19(33(26,27)28)17(12)32-18-13(16)7-9-15(23)20(18)34(29,30)31/h3-9,22H,1,23H2,2H3,(H,24,25)(H,26,27,28)(H,29,30,31)/b10-4+,11-5+,22-14?. The molecule has 0 atom stereocenters. The van der Waals surface area contributed by atoms with Crippen molar-refractivity contribution in [2.45, 2.75) is 16.7 Å². The molecule has 1 heterocycles. The van der Waals surface area contributed by atoms with E-state index in [2.05, 4.69) is 6.58 Å². The molecule has 1 aromatic carbocycles. The van der Waals surface area contributed by atoms with E-state index in [-0.39, 0.29) is 27.7 Å². The molecule has 6 N–H and O–H groups in total. The molecule has 1 aliphatic heterocycles. The Labute approximate surface area is 193 Å². The van der Waals surface area contributed by atoms with Gasteiger partial charge in [0.1, 0.15) is 0 Å². The SMILES string of the molecule is C=C/C=C(\C(=C/C)C(=O)O)c1c2ccc(=N)c(S(=O)(=O)O)c-2oc2c(S(=O)(=O)O)c(N)ccc12. The zero-order chi connectivity index (χ0) is 25.6. The number of carbonyl (C=O) groups is 1. The third kappa shape index (κ3) is 4.12. The largest absolute Gasteiger partial charge is 0.478 e. The molecule has 0 radical (unpaired) electrons. The molecule has 3 rings (SSSR count). The third-order valence-corrected chi connectivity index (χ3v) is 6.73. The molecule has 0 bridgehead atoms. The lowest BCUT2D eigenvalue weighted by Crippen LogP contribution is -2.17. The maximum atomic E-state index is 12.1. The summed E-state index contributed by atoms with van der Waals surface area (Å²) in [6, 6.07) is 4.73. The van der Waals surface area contributed by atoms with E-state index in [0.717, 1.165) is 12.1 Å². The first kappa shape index (κ1) is 24.9. The molecular formula is C21H18N2O9S2. The highest BCUT2D eigenvalue weighted by molar-refractivity contribution is 7.86. The van der Waals surface area contributed by atoms with E-state index in [9.17, 15) is 35.8 Å². The number of carboxylic acid groups (broad SMARTS) is 1. The van der Waals surface area contributed by atoms with Crippen LogP contribution in [0.2, 0.25) is 0 Å². The van der Waals surface area contributed by atoms with Crippen LogP contribution in [0.4, 0.5) is 5.69 Å². The van der Waals surface area contributed by atoms with Crippen LogP contribution < -0.4 is 11.1 Å². The second-order valence-electron chi connectivity index (χ2n) is 6.93. The summed E-state index contributed by atoms with van der Waals surface area (Å²) in [5, 5.41) is 17.0. The molecule has 0 unspecified atom stereocenters. The van der Waals surface area contributed by atoms with E-state index in [1.165, 1.54) is 37.3 Å². The summed E-state index contributed by atoms with van der Waals surface area (Å²) in [5.74, 6) is -2.01. The maximum Gasteiger partial charge on any atom is 0.335 e. The molecule has 0 saturated carbocycles. The lowest BCUT2D eigenvalue weighted by atomic mass is 9.88. The monoisotopic (exact) mass is 506 g/mol. The van der Waals surface area contributed by atoms with Crippen molar-refractivity contribution < 1.29 is 40.3 Å². The van der Waals surface area contributed by atoms with Crippen molar-refractivity contribution in [3.05, 3.63) is 65.6 Å². The van der Waals surface area contributed by atoms with Crippen LogP contribution in [0.15, 0.2) is 68.9 Å². The Hall–Kier alpha value is -3.78. The van der Waals surface area contributed by atoms with Gasteiger partial charge in [-0.05, 0) is 36.8 Å². The van der Waals surface area contributed by atoms with Crippen LogP contribution in [0.5, 0.6) is 0 Å². The summed E-state index contributed by atoms with van der Waals surface area (Å²) in [5.41, 5.74) is 4.30.